The van der Waals surface area contributed by atoms with Crippen LogP contribution in [0.5, 0.6) is 0 Å². The number of aryl methyl sites for hydroxylation is 1. The van der Waals surface area contributed by atoms with Gasteiger partial charge in [0.15, 0.2) is 5.34 Å². The number of hydrogen-bond acceptors (Lipinski definition) is 3. The third kappa shape index (κ3) is 2.04. The Bertz CT molecular complexity index is 248. The average Bonchev–Trinajstić information content (AvgIpc) is 2.03. The van der Waals surface area contributed by atoms with Gasteiger partial charge in [0, 0.05) is 0 Å². The third-order valence-electron chi connectivity index (χ3n) is 1.53. The molecule has 0 unspecified atom stereocenters. The van der Waals surface area contributed by atoms with Crippen LogP contribution in [0.4, 0.5) is 0 Å². The van der Waals surface area contributed by atoms with E-state index in [4.69, 9.17) is 0 Å². The van der Waals surface area contributed by atoms with Crippen LogP contribution in [0, 0.1) is 11.8 Å². The summed E-state index contributed by atoms with van der Waals surface area (Å²) in [4.78, 5) is 14.0. The van der Waals surface area contributed by atoms with Crippen molar-refractivity contribution in [3.63, 3.8) is 0 Å². The van der Waals surface area contributed by atoms with Crippen LogP contribution in [0.25, 0.3) is 0 Å². The molecule has 1 aromatic rings. The Morgan fingerprint density at radius 3 is 2.82 bits per heavy atom. The smallest absolute Gasteiger partial charge is 0.155 e. The lowest BCUT2D eigenvalue weighted by atomic mass is 10.1. The van der Waals surface area contributed by atoms with Crippen molar-refractivity contribution in [1.82, 2.24) is 0 Å². The lowest BCUT2D eigenvalue weighted by Crippen LogP contribution is -1.89. The van der Waals surface area contributed by atoms with Crippen LogP contribution in [0.3, 0.4) is 0 Å². The Morgan fingerprint density at radius 2 is 2.18 bits per heavy atom. The molecule has 58 valence electrons. The van der Waals surface area contributed by atoms with Gasteiger partial charge in [0.2, 0.25) is 0 Å². The van der Waals surface area contributed by atoms with Crippen molar-refractivity contribution in [2.75, 3.05) is 0 Å². The maximum atomic E-state index is 9.62. The topological polar surface area (TPSA) is 38.7 Å². The molecule has 0 saturated heterocycles. The molecule has 1 aromatic carbocycles. The summed E-state index contributed by atoms with van der Waals surface area (Å²) < 4.78 is 0. The van der Waals surface area contributed by atoms with Crippen molar-refractivity contribution in [2.45, 2.75) is 13.5 Å². The van der Waals surface area contributed by atoms with Crippen LogP contribution >= 0.6 is 0 Å². The van der Waals surface area contributed by atoms with Crippen LogP contribution in [-0.2, 0) is 11.4 Å². The summed E-state index contributed by atoms with van der Waals surface area (Å²) in [5.74, 6) is 0. The Morgan fingerprint density at radius 1 is 1.45 bits per heavy atom. The van der Waals surface area contributed by atoms with Gasteiger partial charge in [-0.15, -0.1) is 4.91 Å². The van der Waals surface area contributed by atoms with E-state index in [-0.39, 0.29) is 6.61 Å². The van der Waals surface area contributed by atoms with E-state index in [1.165, 1.54) is 0 Å². The zero-order valence-corrected chi connectivity index (χ0v) is 6.28. The molecule has 11 heavy (non-hydrogen) atoms. The van der Waals surface area contributed by atoms with Gasteiger partial charge in [-0.1, -0.05) is 24.3 Å². The van der Waals surface area contributed by atoms with Crippen molar-refractivity contribution in [3.8, 4) is 0 Å². The highest BCUT2D eigenvalue weighted by Gasteiger charge is 1.95. The van der Waals surface area contributed by atoms with Gasteiger partial charge in [-0.2, -0.15) is 0 Å². The SMILES string of the molecule is Cc1ccccc1CON=O. The van der Waals surface area contributed by atoms with Gasteiger partial charge < -0.3 is 4.84 Å². The van der Waals surface area contributed by atoms with E-state index in [0.717, 1.165) is 11.1 Å². The largest absolute Gasteiger partial charge is 0.359 e. The summed E-state index contributed by atoms with van der Waals surface area (Å²) in [6.45, 7) is 2.22. The zero-order chi connectivity index (χ0) is 8.10. The van der Waals surface area contributed by atoms with E-state index in [1.54, 1.807) is 0 Å². The highest BCUT2D eigenvalue weighted by molar-refractivity contribution is 5.24. The van der Waals surface area contributed by atoms with Crippen molar-refractivity contribution in [1.29, 1.82) is 0 Å². The second-order valence-electron chi connectivity index (χ2n) is 2.27. The quantitative estimate of drug-likeness (QED) is 0.490. The van der Waals surface area contributed by atoms with E-state index in [0.29, 0.717) is 0 Å². The fourth-order valence-corrected chi connectivity index (χ4v) is 0.868. The van der Waals surface area contributed by atoms with E-state index in [1.807, 2.05) is 31.2 Å². The summed E-state index contributed by atoms with van der Waals surface area (Å²) in [5.41, 5.74) is 2.10. The van der Waals surface area contributed by atoms with Gasteiger partial charge >= 0.3 is 0 Å². The first kappa shape index (κ1) is 7.72. The van der Waals surface area contributed by atoms with E-state index in [2.05, 4.69) is 10.2 Å². The van der Waals surface area contributed by atoms with Crippen LogP contribution in [0.15, 0.2) is 29.6 Å². The summed E-state index contributed by atoms with van der Waals surface area (Å²) in [7, 11) is 0. The van der Waals surface area contributed by atoms with Gasteiger partial charge in [0.1, 0.15) is 6.61 Å². The summed E-state index contributed by atoms with van der Waals surface area (Å²) in [5, 5.41) is 2.32. The lowest BCUT2D eigenvalue weighted by molar-refractivity contribution is 0.125. The van der Waals surface area contributed by atoms with Crippen LogP contribution in [0.2, 0.25) is 0 Å². The van der Waals surface area contributed by atoms with Crippen LogP contribution in [-0.4, -0.2) is 0 Å². The Hall–Kier alpha value is -1.38. The first-order chi connectivity index (χ1) is 5.34. The van der Waals surface area contributed by atoms with Crippen molar-refractivity contribution in [3.05, 3.63) is 40.3 Å². The van der Waals surface area contributed by atoms with E-state index in [9.17, 15) is 4.91 Å². The normalized spacial score (nSPS) is 9.18. The maximum Gasteiger partial charge on any atom is 0.155 e. The monoisotopic (exact) mass is 151 g/mol. The molecule has 0 aliphatic carbocycles. The Kier molecular flexibility index (Phi) is 2.60. The average molecular weight is 151 g/mol. The predicted octanol–water partition coefficient (Wildman–Crippen LogP) is 2.19. The molecule has 0 N–H and O–H groups in total. The fraction of sp³-hybridized carbons (Fsp3) is 0.250. The van der Waals surface area contributed by atoms with Crippen LogP contribution in [0.1, 0.15) is 11.1 Å². The number of hydrogen-bond donors (Lipinski definition) is 0. The molecule has 0 aromatic heterocycles. The minimum Gasteiger partial charge on any atom is -0.359 e. The Balaban J connectivity index is 2.69. The number of rotatable bonds is 3. The minimum absolute atomic E-state index is 0.260. The molecule has 0 atom stereocenters. The van der Waals surface area contributed by atoms with Gasteiger partial charge in [0.25, 0.3) is 0 Å². The van der Waals surface area contributed by atoms with Gasteiger partial charge in [-0.25, -0.2) is 0 Å². The second kappa shape index (κ2) is 3.71. The highest BCUT2D eigenvalue weighted by atomic mass is 16.7. The first-order valence-corrected chi connectivity index (χ1v) is 3.33. The Labute approximate surface area is 64.9 Å². The summed E-state index contributed by atoms with van der Waals surface area (Å²) in [6.07, 6.45) is 0. The third-order valence-corrected chi connectivity index (χ3v) is 1.53. The highest BCUT2D eigenvalue weighted by Crippen LogP contribution is 2.07. The van der Waals surface area contributed by atoms with E-state index >= 15 is 0 Å². The lowest BCUT2D eigenvalue weighted by Gasteiger charge is -2.00. The zero-order valence-electron chi connectivity index (χ0n) is 6.28. The summed E-state index contributed by atoms with van der Waals surface area (Å²) in [6, 6.07) is 7.70. The molecular weight excluding hydrogens is 142 g/mol. The minimum atomic E-state index is 0.260. The van der Waals surface area contributed by atoms with Crippen LogP contribution < -0.4 is 0 Å². The molecular formula is C8H9NO2. The molecule has 0 aliphatic rings. The maximum absolute atomic E-state index is 9.62. The van der Waals surface area contributed by atoms with Gasteiger partial charge in [-0.3, -0.25) is 0 Å². The van der Waals surface area contributed by atoms with Crippen molar-refractivity contribution < 1.29 is 4.84 Å². The molecule has 0 heterocycles. The number of nitrogens with zero attached hydrogens (tertiary/aromatic N) is 1. The second-order valence-corrected chi connectivity index (χ2v) is 2.27. The number of benzene rings is 1. The molecule has 0 saturated carbocycles. The van der Waals surface area contributed by atoms with Crippen molar-refractivity contribution in [2.24, 2.45) is 5.34 Å². The van der Waals surface area contributed by atoms with Crippen molar-refractivity contribution >= 4 is 0 Å². The molecule has 0 radical (unpaired) electrons. The molecule has 0 spiro atoms. The first-order valence-electron chi connectivity index (χ1n) is 3.33. The molecule has 0 bridgehead atoms. The predicted molar refractivity (Wildman–Crippen MR) is 41.8 cm³/mol. The molecule has 3 nitrogen and oxygen atoms in total. The summed E-state index contributed by atoms with van der Waals surface area (Å²) >= 11 is 0. The standard InChI is InChI=1S/C8H9NO2/c1-7-4-2-3-5-8(7)6-11-9-10/h2-5H,6H2,1H3. The molecule has 0 fully saturated rings. The van der Waals surface area contributed by atoms with Gasteiger partial charge in [-0.05, 0) is 18.1 Å². The van der Waals surface area contributed by atoms with Gasteiger partial charge in [0.05, 0.1) is 0 Å². The molecule has 1 rings (SSSR count). The molecule has 3 heteroatoms. The fourth-order valence-electron chi connectivity index (χ4n) is 0.868. The molecule has 0 amide bonds. The molecule has 0 aliphatic heterocycles. The van der Waals surface area contributed by atoms with E-state index < -0.39 is 0 Å².